The Bertz CT molecular complexity index is 439. The van der Waals surface area contributed by atoms with E-state index in [0.29, 0.717) is 12.8 Å². The molecule has 3 nitrogen and oxygen atoms in total. The quantitative estimate of drug-likeness (QED) is 0.166. The van der Waals surface area contributed by atoms with Crippen LogP contribution in [0.3, 0.4) is 0 Å². The third-order valence-corrected chi connectivity index (χ3v) is 5.78. The van der Waals surface area contributed by atoms with E-state index in [9.17, 15) is 9.59 Å². The van der Waals surface area contributed by atoms with Crippen molar-refractivity contribution in [3.63, 3.8) is 0 Å². The Balaban J connectivity index is 2.49. The molecule has 0 aromatic carbocycles. The first-order chi connectivity index (χ1) is 13.1. The summed E-state index contributed by atoms with van der Waals surface area (Å²) in [5.41, 5.74) is 1.22. The monoisotopic (exact) mass is 377 g/mol. The van der Waals surface area contributed by atoms with Crippen molar-refractivity contribution in [3.05, 3.63) is 11.6 Å². The molecule has 1 fully saturated rings. The molecule has 0 spiro atoms. The Morgan fingerprint density at radius 1 is 0.815 bits per heavy atom. The Morgan fingerprint density at radius 3 is 1.85 bits per heavy atom. The second kappa shape index (κ2) is 14.9. The van der Waals surface area contributed by atoms with Crippen LogP contribution in [0.4, 0.5) is 0 Å². The van der Waals surface area contributed by atoms with Gasteiger partial charge in [0.25, 0.3) is 0 Å². The second-order valence-corrected chi connectivity index (χ2v) is 8.23. The number of nitrogens with zero attached hydrogens (tertiary/aromatic N) is 1. The van der Waals surface area contributed by atoms with Gasteiger partial charge in [0.05, 0.1) is 6.04 Å². The van der Waals surface area contributed by atoms with E-state index in [1.54, 1.807) is 4.90 Å². The van der Waals surface area contributed by atoms with Gasteiger partial charge >= 0.3 is 0 Å². The van der Waals surface area contributed by atoms with Gasteiger partial charge in [0.15, 0.2) is 0 Å². The molecule has 3 heteroatoms. The number of carbonyl (C=O) groups excluding carboxylic acids is 2. The van der Waals surface area contributed by atoms with Crippen molar-refractivity contribution < 1.29 is 9.59 Å². The fourth-order valence-corrected chi connectivity index (χ4v) is 4.01. The average Bonchev–Trinajstić information content (AvgIpc) is 2.99. The molecule has 0 saturated carbocycles. The first kappa shape index (κ1) is 23.9. The zero-order valence-corrected chi connectivity index (χ0v) is 18.2. The minimum Gasteiger partial charge on any atom is -0.275 e. The third-order valence-electron chi connectivity index (χ3n) is 5.78. The molecule has 1 heterocycles. The maximum atomic E-state index is 12.3. The molecule has 0 aromatic rings. The van der Waals surface area contributed by atoms with E-state index in [4.69, 9.17) is 0 Å². The van der Waals surface area contributed by atoms with Crippen LogP contribution in [0.1, 0.15) is 124 Å². The molecule has 0 N–H and O–H groups in total. The van der Waals surface area contributed by atoms with Gasteiger partial charge in [-0.05, 0) is 26.2 Å². The van der Waals surface area contributed by atoms with E-state index < -0.39 is 0 Å². The van der Waals surface area contributed by atoms with Crippen LogP contribution in [0.25, 0.3) is 0 Å². The summed E-state index contributed by atoms with van der Waals surface area (Å²) in [6.45, 7) is 6.60. The summed E-state index contributed by atoms with van der Waals surface area (Å²) >= 11 is 0. The van der Waals surface area contributed by atoms with Crippen LogP contribution in [0.15, 0.2) is 11.6 Å². The van der Waals surface area contributed by atoms with Gasteiger partial charge in [-0.25, -0.2) is 0 Å². The average molecular weight is 378 g/mol. The summed E-state index contributed by atoms with van der Waals surface area (Å²) < 4.78 is 0. The minimum absolute atomic E-state index is 0.00114. The number of hydrogen-bond acceptors (Lipinski definition) is 2. The van der Waals surface area contributed by atoms with Crippen molar-refractivity contribution in [1.29, 1.82) is 0 Å². The fraction of sp³-hybridized carbons (Fsp3) is 0.833. The Hall–Kier alpha value is -1.12. The molecule has 0 bridgehead atoms. The molecule has 156 valence electrons. The van der Waals surface area contributed by atoms with Gasteiger partial charge in [0.1, 0.15) is 0 Å². The molecule has 0 radical (unpaired) electrons. The highest BCUT2D eigenvalue weighted by Crippen LogP contribution is 2.25. The lowest BCUT2D eigenvalue weighted by molar-refractivity contribution is -0.140. The van der Waals surface area contributed by atoms with Crippen molar-refractivity contribution in [2.75, 3.05) is 0 Å². The first-order valence-corrected chi connectivity index (χ1v) is 11.6. The van der Waals surface area contributed by atoms with Gasteiger partial charge in [-0.2, -0.15) is 0 Å². The maximum Gasteiger partial charge on any atom is 0.230 e. The lowest BCUT2D eigenvalue weighted by atomic mass is 9.97. The number of imide groups is 1. The van der Waals surface area contributed by atoms with Crippen LogP contribution < -0.4 is 0 Å². The molecule has 1 unspecified atom stereocenters. The van der Waals surface area contributed by atoms with E-state index in [1.165, 1.54) is 76.2 Å². The molecular weight excluding hydrogens is 334 g/mol. The number of likely N-dealkylation sites (tertiary alicyclic amines) is 1. The molecule has 27 heavy (non-hydrogen) atoms. The maximum absolute atomic E-state index is 12.3. The van der Waals surface area contributed by atoms with Gasteiger partial charge in [-0.15, -0.1) is 0 Å². The standard InChI is InChI=1S/C24H43NO2/c1-4-6-8-10-12-13-15-17-21(3)22(18-16-14-11-9-7-5-2)25-23(26)19-20-24(25)27/h17,22H,4-16,18-20H2,1-3H3. The molecule has 1 aliphatic rings. The lowest BCUT2D eigenvalue weighted by Gasteiger charge is -2.27. The van der Waals surface area contributed by atoms with E-state index in [2.05, 4.69) is 26.8 Å². The Kier molecular flexibility index (Phi) is 13.2. The van der Waals surface area contributed by atoms with Crippen LogP contribution >= 0.6 is 0 Å². The molecule has 1 saturated heterocycles. The van der Waals surface area contributed by atoms with Gasteiger partial charge in [0, 0.05) is 12.8 Å². The molecule has 2 amide bonds. The minimum atomic E-state index is -0.00114. The zero-order valence-electron chi connectivity index (χ0n) is 18.2. The van der Waals surface area contributed by atoms with E-state index in [1.807, 2.05) is 0 Å². The summed E-state index contributed by atoms with van der Waals surface area (Å²) in [6, 6.07) is -0.00114. The Morgan fingerprint density at radius 2 is 1.30 bits per heavy atom. The largest absolute Gasteiger partial charge is 0.275 e. The normalized spacial score (nSPS) is 16.4. The number of rotatable bonds is 16. The molecule has 0 aliphatic carbocycles. The molecule has 1 atom stereocenters. The lowest BCUT2D eigenvalue weighted by Crippen LogP contribution is -2.40. The van der Waals surface area contributed by atoms with E-state index in [-0.39, 0.29) is 17.9 Å². The van der Waals surface area contributed by atoms with Gasteiger partial charge in [-0.1, -0.05) is 96.1 Å². The number of hydrogen-bond donors (Lipinski definition) is 0. The number of allylic oxidation sites excluding steroid dienone is 1. The van der Waals surface area contributed by atoms with Crippen molar-refractivity contribution in [1.82, 2.24) is 4.90 Å². The van der Waals surface area contributed by atoms with Crippen molar-refractivity contribution in [2.24, 2.45) is 0 Å². The van der Waals surface area contributed by atoms with Crippen LogP contribution in [-0.2, 0) is 9.59 Å². The number of carbonyl (C=O) groups is 2. The van der Waals surface area contributed by atoms with Crippen LogP contribution in [0, 0.1) is 0 Å². The van der Waals surface area contributed by atoms with Gasteiger partial charge in [0.2, 0.25) is 11.8 Å². The van der Waals surface area contributed by atoms with E-state index >= 15 is 0 Å². The van der Waals surface area contributed by atoms with Crippen LogP contribution in [-0.4, -0.2) is 22.8 Å². The van der Waals surface area contributed by atoms with Gasteiger partial charge < -0.3 is 0 Å². The molecular formula is C24H43NO2. The van der Waals surface area contributed by atoms with Crippen LogP contribution in [0.2, 0.25) is 0 Å². The van der Waals surface area contributed by atoms with Crippen molar-refractivity contribution >= 4 is 11.8 Å². The highest BCUT2D eigenvalue weighted by molar-refractivity contribution is 6.02. The topological polar surface area (TPSA) is 37.4 Å². The molecule has 0 aromatic heterocycles. The first-order valence-electron chi connectivity index (χ1n) is 11.6. The van der Waals surface area contributed by atoms with Gasteiger partial charge in [-0.3, -0.25) is 14.5 Å². The Labute approximate surface area is 168 Å². The highest BCUT2D eigenvalue weighted by atomic mass is 16.2. The molecule has 1 aliphatic heterocycles. The van der Waals surface area contributed by atoms with Crippen molar-refractivity contribution in [2.45, 2.75) is 130 Å². The third kappa shape index (κ3) is 9.58. The highest BCUT2D eigenvalue weighted by Gasteiger charge is 2.35. The SMILES string of the molecule is CCCCCCCCC=C(C)C(CCCCCCCC)N1C(=O)CCC1=O. The van der Waals surface area contributed by atoms with Crippen molar-refractivity contribution in [3.8, 4) is 0 Å². The zero-order chi connectivity index (χ0) is 19.9. The summed E-state index contributed by atoms with van der Waals surface area (Å²) in [5.74, 6) is 0.0617. The predicted molar refractivity (Wildman–Crippen MR) is 115 cm³/mol. The smallest absolute Gasteiger partial charge is 0.230 e. The summed E-state index contributed by atoms with van der Waals surface area (Å²) in [4.78, 5) is 26.1. The van der Waals surface area contributed by atoms with E-state index in [0.717, 1.165) is 19.3 Å². The number of unbranched alkanes of at least 4 members (excludes halogenated alkanes) is 11. The summed E-state index contributed by atoms with van der Waals surface area (Å²) in [7, 11) is 0. The summed E-state index contributed by atoms with van der Waals surface area (Å²) in [6.07, 6.45) is 20.3. The predicted octanol–water partition coefficient (Wildman–Crippen LogP) is 6.95. The fourth-order valence-electron chi connectivity index (χ4n) is 4.01. The van der Waals surface area contributed by atoms with Crippen LogP contribution in [0.5, 0.6) is 0 Å². The summed E-state index contributed by atoms with van der Waals surface area (Å²) in [5, 5.41) is 0. The second-order valence-electron chi connectivity index (χ2n) is 8.23. The number of amides is 2. The molecule has 1 rings (SSSR count).